The summed E-state index contributed by atoms with van der Waals surface area (Å²) in [5, 5.41) is 8.47. The quantitative estimate of drug-likeness (QED) is 0.767. The number of nitrogens with zero attached hydrogens (tertiary/aromatic N) is 1. The third-order valence-electron chi connectivity index (χ3n) is 4.14. The van der Waals surface area contributed by atoms with E-state index in [4.69, 9.17) is 21.7 Å². The topological polar surface area (TPSA) is 72.0 Å². The highest BCUT2D eigenvalue weighted by Gasteiger charge is 2.36. The molecule has 0 bridgehead atoms. The Morgan fingerprint density at radius 1 is 1.31 bits per heavy atom. The highest BCUT2D eigenvalue weighted by molar-refractivity contribution is 7.80. The summed E-state index contributed by atoms with van der Waals surface area (Å²) >= 11 is 6.79. The average molecular weight is 390 g/mol. The maximum Gasteiger partial charge on any atom is 0.235 e. The highest BCUT2D eigenvalue weighted by Crippen LogP contribution is 2.33. The normalized spacial score (nSPS) is 19.3. The van der Waals surface area contributed by atoms with Gasteiger partial charge in [-0.15, -0.1) is 11.3 Å². The third kappa shape index (κ3) is 3.71. The van der Waals surface area contributed by atoms with E-state index in [9.17, 15) is 4.79 Å². The second-order valence-corrected chi connectivity index (χ2v) is 7.09. The molecule has 136 valence electrons. The number of thiocarbonyl (C=S) groups is 1. The van der Waals surface area contributed by atoms with Crippen molar-refractivity contribution in [2.24, 2.45) is 10.9 Å². The molecule has 8 heteroatoms. The summed E-state index contributed by atoms with van der Waals surface area (Å²) in [6.45, 7) is 1.82. The third-order valence-corrected chi connectivity index (χ3v) is 5.30. The summed E-state index contributed by atoms with van der Waals surface area (Å²) in [4.78, 5) is 18.4. The first kappa shape index (κ1) is 18.3. The first-order valence-electron chi connectivity index (χ1n) is 7.95. The molecule has 2 unspecified atom stereocenters. The second-order valence-electron chi connectivity index (χ2n) is 5.73. The van der Waals surface area contributed by atoms with E-state index in [1.54, 1.807) is 43.8 Å². The van der Waals surface area contributed by atoms with Gasteiger partial charge in [0, 0.05) is 16.7 Å². The van der Waals surface area contributed by atoms with E-state index in [0.717, 1.165) is 4.88 Å². The number of methoxy groups -OCH3 is 2. The van der Waals surface area contributed by atoms with Crippen LogP contribution in [-0.4, -0.2) is 31.0 Å². The van der Waals surface area contributed by atoms with E-state index >= 15 is 0 Å². The number of carbonyl (C=O) groups is 1. The minimum atomic E-state index is -0.479. The standard InChI is InChI=1S/C18H19N3O3S2/c1-10-15(16(21-18(25)19-10)14-5-4-8-26-14)17(22)20-12-7-6-11(23-2)9-13(12)24-3/h4-9,15-16H,1-3H3,(H,20,22)(H,21,25). The molecule has 0 saturated carbocycles. The molecule has 0 radical (unpaired) electrons. The van der Waals surface area contributed by atoms with Crippen LogP contribution in [-0.2, 0) is 4.79 Å². The molecule has 0 saturated heterocycles. The number of carbonyl (C=O) groups excluding carboxylic acids is 1. The fraction of sp³-hybridized carbons (Fsp3) is 0.278. The summed E-state index contributed by atoms with van der Waals surface area (Å²) in [6, 6.07) is 8.93. The molecule has 1 aliphatic heterocycles. The highest BCUT2D eigenvalue weighted by atomic mass is 32.1. The largest absolute Gasteiger partial charge is 0.497 e. The van der Waals surface area contributed by atoms with Crippen LogP contribution in [0.15, 0.2) is 40.7 Å². The molecule has 3 rings (SSSR count). The van der Waals surface area contributed by atoms with Gasteiger partial charge in [0.25, 0.3) is 0 Å². The van der Waals surface area contributed by atoms with Crippen molar-refractivity contribution in [1.29, 1.82) is 0 Å². The Balaban J connectivity index is 1.90. The molecule has 1 aliphatic rings. The van der Waals surface area contributed by atoms with Gasteiger partial charge in [-0.05, 0) is 42.7 Å². The van der Waals surface area contributed by atoms with Gasteiger partial charge < -0.3 is 20.1 Å². The Kier molecular flexibility index (Phi) is 5.53. The number of nitrogens with one attached hydrogen (secondary N) is 2. The van der Waals surface area contributed by atoms with Gasteiger partial charge in [-0.1, -0.05) is 6.07 Å². The van der Waals surface area contributed by atoms with Crippen molar-refractivity contribution >= 4 is 46.0 Å². The van der Waals surface area contributed by atoms with Crippen LogP contribution in [0.2, 0.25) is 0 Å². The van der Waals surface area contributed by atoms with Crippen LogP contribution in [0.5, 0.6) is 11.5 Å². The lowest BCUT2D eigenvalue weighted by Crippen LogP contribution is -2.45. The number of anilines is 1. The van der Waals surface area contributed by atoms with E-state index in [0.29, 0.717) is 28.0 Å². The van der Waals surface area contributed by atoms with Gasteiger partial charge in [-0.25, -0.2) is 4.99 Å². The summed E-state index contributed by atoms with van der Waals surface area (Å²) < 4.78 is 10.6. The molecule has 2 aromatic rings. The summed E-state index contributed by atoms with van der Waals surface area (Å²) in [5.74, 6) is 0.522. The molecule has 1 amide bonds. The van der Waals surface area contributed by atoms with Crippen LogP contribution >= 0.6 is 23.6 Å². The van der Waals surface area contributed by atoms with Gasteiger partial charge in [0.1, 0.15) is 17.4 Å². The van der Waals surface area contributed by atoms with E-state index < -0.39 is 5.92 Å². The minimum Gasteiger partial charge on any atom is -0.497 e. The number of thiophene rings is 1. The molecule has 26 heavy (non-hydrogen) atoms. The molecule has 1 aromatic carbocycles. The lowest BCUT2D eigenvalue weighted by Gasteiger charge is -2.30. The zero-order chi connectivity index (χ0) is 18.7. The van der Waals surface area contributed by atoms with Crippen LogP contribution in [0.1, 0.15) is 17.8 Å². The predicted molar refractivity (Wildman–Crippen MR) is 108 cm³/mol. The number of amides is 1. The monoisotopic (exact) mass is 389 g/mol. The Hall–Kier alpha value is -2.45. The zero-order valence-electron chi connectivity index (χ0n) is 14.6. The molecule has 2 atom stereocenters. The fourth-order valence-corrected chi connectivity index (χ4v) is 3.96. The maximum atomic E-state index is 13.1. The number of hydrogen-bond acceptors (Lipinski definition) is 5. The van der Waals surface area contributed by atoms with Crippen molar-refractivity contribution in [3.05, 3.63) is 40.6 Å². The SMILES string of the molecule is COc1ccc(NC(=O)C2C(C)=NC(=S)NC2c2cccs2)c(OC)c1. The van der Waals surface area contributed by atoms with Gasteiger partial charge in [0.05, 0.1) is 25.9 Å². The van der Waals surface area contributed by atoms with Crippen molar-refractivity contribution in [3.63, 3.8) is 0 Å². The first-order valence-corrected chi connectivity index (χ1v) is 9.24. The van der Waals surface area contributed by atoms with Crippen LogP contribution in [0.3, 0.4) is 0 Å². The van der Waals surface area contributed by atoms with Gasteiger partial charge in [0.15, 0.2) is 5.11 Å². The van der Waals surface area contributed by atoms with Crippen molar-refractivity contribution < 1.29 is 14.3 Å². The molecular weight excluding hydrogens is 370 g/mol. The number of hydrogen-bond donors (Lipinski definition) is 2. The molecular formula is C18H19N3O3S2. The average Bonchev–Trinajstić information content (AvgIpc) is 3.15. The molecule has 2 N–H and O–H groups in total. The van der Waals surface area contributed by atoms with Gasteiger partial charge >= 0.3 is 0 Å². The number of benzene rings is 1. The minimum absolute atomic E-state index is 0.178. The molecule has 0 fully saturated rings. The van der Waals surface area contributed by atoms with Crippen LogP contribution < -0.4 is 20.1 Å². The van der Waals surface area contributed by atoms with Crippen molar-refractivity contribution in [2.45, 2.75) is 13.0 Å². The van der Waals surface area contributed by atoms with Gasteiger partial charge in [-0.3, -0.25) is 4.79 Å². The smallest absolute Gasteiger partial charge is 0.235 e. The second kappa shape index (κ2) is 7.84. The van der Waals surface area contributed by atoms with Gasteiger partial charge in [-0.2, -0.15) is 0 Å². The zero-order valence-corrected chi connectivity index (χ0v) is 16.2. The van der Waals surface area contributed by atoms with E-state index in [-0.39, 0.29) is 11.9 Å². The van der Waals surface area contributed by atoms with Crippen molar-refractivity contribution in [1.82, 2.24) is 5.32 Å². The Labute approximate surface area is 161 Å². The van der Waals surface area contributed by atoms with Gasteiger partial charge in [0.2, 0.25) is 5.91 Å². The van der Waals surface area contributed by atoms with Crippen molar-refractivity contribution in [3.8, 4) is 11.5 Å². The lowest BCUT2D eigenvalue weighted by atomic mass is 9.91. The predicted octanol–water partition coefficient (Wildman–Crippen LogP) is 3.41. The Bertz CT molecular complexity index is 849. The first-order chi connectivity index (χ1) is 12.5. The summed E-state index contributed by atoms with van der Waals surface area (Å²) in [6.07, 6.45) is 0. The fourth-order valence-electron chi connectivity index (χ4n) is 2.88. The Morgan fingerprint density at radius 2 is 2.12 bits per heavy atom. The lowest BCUT2D eigenvalue weighted by molar-refractivity contribution is -0.118. The van der Waals surface area contributed by atoms with E-state index in [1.165, 1.54) is 0 Å². The number of aliphatic imine (C=N–C) groups is 1. The Morgan fingerprint density at radius 3 is 2.77 bits per heavy atom. The van der Waals surface area contributed by atoms with Crippen molar-refractivity contribution in [2.75, 3.05) is 19.5 Å². The number of ether oxygens (including phenoxy) is 2. The van der Waals surface area contributed by atoms with E-state index in [2.05, 4.69) is 15.6 Å². The number of rotatable bonds is 5. The summed E-state index contributed by atoms with van der Waals surface area (Å²) in [5.41, 5.74) is 1.25. The summed E-state index contributed by atoms with van der Waals surface area (Å²) in [7, 11) is 3.13. The molecule has 0 aliphatic carbocycles. The van der Waals surface area contributed by atoms with Crippen LogP contribution in [0, 0.1) is 5.92 Å². The molecule has 2 heterocycles. The molecule has 6 nitrogen and oxygen atoms in total. The molecule has 0 spiro atoms. The van der Waals surface area contributed by atoms with Crippen LogP contribution in [0.25, 0.3) is 0 Å². The maximum absolute atomic E-state index is 13.1. The molecule has 1 aromatic heterocycles. The van der Waals surface area contributed by atoms with Crippen LogP contribution in [0.4, 0.5) is 5.69 Å². The van der Waals surface area contributed by atoms with E-state index in [1.807, 2.05) is 24.4 Å².